The molecule has 2 aromatic carbocycles. The Bertz CT molecular complexity index is 838. The van der Waals surface area contributed by atoms with Crippen molar-refractivity contribution in [1.29, 1.82) is 0 Å². The predicted octanol–water partition coefficient (Wildman–Crippen LogP) is 5.53. The van der Waals surface area contributed by atoms with Gasteiger partial charge in [0.25, 0.3) is 0 Å². The molecular formula is C22H22Cl2N2O2. The molecule has 28 heavy (non-hydrogen) atoms. The molecule has 1 aromatic heterocycles. The van der Waals surface area contributed by atoms with Crippen LogP contribution in [0.15, 0.2) is 66.9 Å². The molecule has 0 saturated carbocycles. The van der Waals surface area contributed by atoms with E-state index in [1.54, 1.807) is 6.20 Å². The first-order chi connectivity index (χ1) is 13.7. The number of halogens is 2. The Balaban J connectivity index is 1.42. The molecule has 0 bridgehead atoms. The highest BCUT2D eigenvalue weighted by Gasteiger charge is 2.10. The van der Waals surface area contributed by atoms with Crippen LogP contribution in [-0.2, 0) is 13.2 Å². The first-order valence-corrected chi connectivity index (χ1v) is 9.87. The Labute approximate surface area is 175 Å². The maximum atomic E-state index is 6.37. The molecule has 146 valence electrons. The third-order valence-electron chi connectivity index (χ3n) is 4.00. The summed E-state index contributed by atoms with van der Waals surface area (Å²) < 4.78 is 11.4. The minimum atomic E-state index is 0.425. The second-order valence-electron chi connectivity index (χ2n) is 6.21. The number of aromatic nitrogens is 1. The SMILES string of the molecule is Clc1cc(CNCCCOc2ccccn2)cc(Cl)c1OCc1ccccc1. The van der Waals surface area contributed by atoms with Crippen LogP contribution in [0.1, 0.15) is 17.5 Å². The Hall–Kier alpha value is -2.27. The summed E-state index contributed by atoms with van der Waals surface area (Å²) in [5.74, 6) is 1.16. The largest absolute Gasteiger partial charge is 0.486 e. The summed E-state index contributed by atoms with van der Waals surface area (Å²) in [6, 6.07) is 19.3. The van der Waals surface area contributed by atoms with Crippen LogP contribution in [0.4, 0.5) is 0 Å². The smallest absolute Gasteiger partial charge is 0.213 e. The van der Waals surface area contributed by atoms with Crippen molar-refractivity contribution in [2.24, 2.45) is 0 Å². The van der Waals surface area contributed by atoms with Gasteiger partial charge in [0.1, 0.15) is 6.61 Å². The van der Waals surface area contributed by atoms with Gasteiger partial charge in [-0.05, 0) is 42.3 Å². The minimum Gasteiger partial charge on any atom is -0.486 e. The molecule has 1 N–H and O–H groups in total. The molecule has 4 nitrogen and oxygen atoms in total. The van der Waals surface area contributed by atoms with Crippen LogP contribution in [-0.4, -0.2) is 18.1 Å². The molecule has 0 radical (unpaired) electrons. The van der Waals surface area contributed by atoms with Gasteiger partial charge in [0.2, 0.25) is 5.88 Å². The van der Waals surface area contributed by atoms with E-state index >= 15 is 0 Å². The van der Waals surface area contributed by atoms with Crippen molar-refractivity contribution in [1.82, 2.24) is 10.3 Å². The standard InChI is InChI=1S/C22H22Cl2N2O2/c23-19-13-18(15-25-10-6-12-27-21-9-4-5-11-26-21)14-20(24)22(19)28-16-17-7-2-1-3-8-17/h1-5,7-9,11,13-14,25H,6,10,12,15-16H2. The Morgan fingerprint density at radius 1 is 0.857 bits per heavy atom. The molecule has 0 atom stereocenters. The van der Waals surface area contributed by atoms with Gasteiger partial charge in [0, 0.05) is 18.8 Å². The first kappa shape index (κ1) is 20.5. The van der Waals surface area contributed by atoms with Crippen molar-refractivity contribution in [3.8, 4) is 11.6 Å². The zero-order chi connectivity index (χ0) is 19.6. The molecule has 1 heterocycles. The van der Waals surface area contributed by atoms with Gasteiger partial charge < -0.3 is 14.8 Å². The fourth-order valence-corrected chi connectivity index (χ4v) is 3.26. The van der Waals surface area contributed by atoms with Crippen molar-refractivity contribution in [2.45, 2.75) is 19.6 Å². The van der Waals surface area contributed by atoms with E-state index in [1.807, 2.05) is 60.7 Å². The number of hydrogen-bond donors (Lipinski definition) is 1. The number of nitrogens with zero attached hydrogens (tertiary/aromatic N) is 1. The number of ether oxygens (including phenoxy) is 2. The zero-order valence-electron chi connectivity index (χ0n) is 15.4. The van der Waals surface area contributed by atoms with Gasteiger partial charge in [-0.25, -0.2) is 4.98 Å². The van der Waals surface area contributed by atoms with Crippen molar-refractivity contribution in [3.63, 3.8) is 0 Å². The molecule has 0 unspecified atom stereocenters. The van der Waals surface area contributed by atoms with Gasteiger partial charge in [0.15, 0.2) is 5.75 Å². The lowest BCUT2D eigenvalue weighted by atomic mass is 10.2. The van der Waals surface area contributed by atoms with Gasteiger partial charge in [-0.2, -0.15) is 0 Å². The lowest BCUT2D eigenvalue weighted by Crippen LogP contribution is -2.17. The lowest BCUT2D eigenvalue weighted by Gasteiger charge is -2.12. The Kier molecular flexibility index (Phi) is 7.97. The van der Waals surface area contributed by atoms with Crippen LogP contribution in [0.5, 0.6) is 11.6 Å². The monoisotopic (exact) mass is 416 g/mol. The Morgan fingerprint density at radius 2 is 1.61 bits per heavy atom. The normalized spacial score (nSPS) is 10.6. The third kappa shape index (κ3) is 6.41. The van der Waals surface area contributed by atoms with Crippen LogP contribution in [0.25, 0.3) is 0 Å². The number of benzene rings is 2. The molecule has 6 heteroatoms. The van der Waals surface area contributed by atoms with E-state index < -0.39 is 0 Å². The molecule has 3 aromatic rings. The van der Waals surface area contributed by atoms with Crippen molar-refractivity contribution in [3.05, 3.63) is 88.0 Å². The van der Waals surface area contributed by atoms with Crippen molar-refractivity contribution >= 4 is 23.2 Å². The highest BCUT2D eigenvalue weighted by Crippen LogP contribution is 2.34. The third-order valence-corrected chi connectivity index (χ3v) is 4.56. The Morgan fingerprint density at radius 3 is 2.32 bits per heavy atom. The van der Waals surface area contributed by atoms with Crippen LogP contribution >= 0.6 is 23.2 Å². The molecule has 0 amide bonds. The topological polar surface area (TPSA) is 43.4 Å². The maximum Gasteiger partial charge on any atom is 0.213 e. The summed E-state index contributed by atoms with van der Waals surface area (Å²) in [7, 11) is 0. The fourth-order valence-electron chi connectivity index (χ4n) is 2.62. The number of nitrogens with one attached hydrogen (secondary N) is 1. The quantitative estimate of drug-likeness (QED) is 0.441. The van der Waals surface area contributed by atoms with Gasteiger partial charge >= 0.3 is 0 Å². The van der Waals surface area contributed by atoms with Gasteiger partial charge in [0.05, 0.1) is 16.7 Å². The first-order valence-electron chi connectivity index (χ1n) is 9.11. The summed E-state index contributed by atoms with van der Waals surface area (Å²) in [4.78, 5) is 4.12. The molecule has 0 aliphatic heterocycles. The van der Waals surface area contributed by atoms with Gasteiger partial charge in [-0.1, -0.05) is 59.6 Å². The second-order valence-corrected chi connectivity index (χ2v) is 7.02. The van der Waals surface area contributed by atoms with E-state index in [0.717, 1.165) is 24.1 Å². The van der Waals surface area contributed by atoms with Gasteiger partial charge in [-0.3, -0.25) is 0 Å². The van der Waals surface area contributed by atoms with E-state index in [4.69, 9.17) is 32.7 Å². The summed E-state index contributed by atoms with van der Waals surface area (Å²) in [5, 5.41) is 4.39. The number of pyridine rings is 1. The van der Waals surface area contributed by atoms with E-state index in [1.165, 1.54) is 0 Å². The van der Waals surface area contributed by atoms with Crippen LogP contribution < -0.4 is 14.8 Å². The average molecular weight is 417 g/mol. The number of hydrogen-bond acceptors (Lipinski definition) is 4. The van der Waals surface area contributed by atoms with Crippen LogP contribution in [0.3, 0.4) is 0 Å². The lowest BCUT2D eigenvalue weighted by molar-refractivity contribution is 0.296. The van der Waals surface area contributed by atoms with E-state index in [2.05, 4.69) is 10.3 Å². The molecule has 0 saturated heterocycles. The van der Waals surface area contributed by atoms with E-state index in [0.29, 0.717) is 41.4 Å². The highest BCUT2D eigenvalue weighted by atomic mass is 35.5. The fraction of sp³-hybridized carbons (Fsp3) is 0.227. The summed E-state index contributed by atoms with van der Waals surface area (Å²) in [6.45, 7) is 2.52. The summed E-state index contributed by atoms with van der Waals surface area (Å²) in [6.07, 6.45) is 2.59. The highest BCUT2D eigenvalue weighted by molar-refractivity contribution is 6.37. The van der Waals surface area contributed by atoms with Crippen molar-refractivity contribution in [2.75, 3.05) is 13.2 Å². The van der Waals surface area contributed by atoms with Crippen LogP contribution in [0, 0.1) is 0 Å². The van der Waals surface area contributed by atoms with Crippen LogP contribution in [0.2, 0.25) is 10.0 Å². The molecule has 0 aliphatic rings. The average Bonchev–Trinajstić information content (AvgIpc) is 2.71. The number of rotatable bonds is 10. The molecule has 0 fully saturated rings. The second kappa shape index (κ2) is 10.9. The summed E-state index contributed by atoms with van der Waals surface area (Å²) in [5.41, 5.74) is 2.07. The zero-order valence-corrected chi connectivity index (χ0v) is 16.9. The minimum absolute atomic E-state index is 0.425. The van der Waals surface area contributed by atoms with E-state index in [-0.39, 0.29) is 0 Å². The molecular weight excluding hydrogens is 395 g/mol. The van der Waals surface area contributed by atoms with Crippen molar-refractivity contribution < 1.29 is 9.47 Å². The predicted molar refractivity (Wildman–Crippen MR) is 113 cm³/mol. The van der Waals surface area contributed by atoms with Gasteiger partial charge in [-0.15, -0.1) is 0 Å². The molecule has 0 spiro atoms. The maximum absolute atomic E-state index is 6.37. The van der Waals surface area contributed by atoms with E-state index in [9.17, 15) is 0 Å². The molecule has 0 aliphatic carbocycles. The summed E-state index contributed by atoms with van der Waals surface area (Å²) >= 11 is 12.7. The molecule has 3 rings (SSSR count).